The molecule has 2 nitrogen and oxygen atoms in total. The lowest BCUT2D eigenvalue weighted by atomic mass is 9.84. The van der Waals surface area contributed by atoms with Crippen LogP contribution in [0.5, 0.6) is 0 Å². The van der Waals surface area contributed by atoms with Gasteiger partial charge in [0, 0.05) is 30.8 Å². The van der Waals surface area contributed by atoms with Gasteiger partial charge in [-0.1, -0.05) is 32.4 Å². The lowest BCUT2D eigenvalue weighted by Crippen LogP contribution is -2.36. The molecule has 0 radical (unpaired) electrons. The molecule has 0 bridgehead atoms. The second-order valence-electron chi connectivity index (χ2n) is 5.99. The Labute approximate surface area is 123 Å². The summed E-state index contributed by atoms with van der Waals surface area (Å²) in [5, 5.41) is 0. The SMILES string of the molecule is CCC(=O)c1ccccc1N(C)C1CCC(CC)CC1. The highest BCUT2D eigenvalue weighted by Gasteiger charge is 2.25. The summed E-state index contributed by atoms with van der Waals surface area (Å²) in [4.78, 5) is 14.4. The third-order valence-corrected chi connectivity index (χ3v) is 4.85. The van der Waals surface area contributed by atoms with Gasteiger partial charge in [0.2, 0.25) is 0 Å². The number of hydrogen-bond donors (Lipinski definition) is 0. The summed E-state index contributed by atoms with van der Waals surface area (Å²) in [7, 11) is 2.15. The minimum Gasteiger partial charge on any atom is -0.371 e. The van der Waals surface area contributed by atoms with Crippen LogP contribution in [0.3, 0.4) is 0 Å². The Bertz CT molecular complexity index is 446. The van der Waals surface area contributed by atoms with Crippen molar-refractivity contribution in [3.8, 4) is 0 Å². The second kappa shape index (κ2) is 6.92. The maximum atomic E-state index is 12.1. The van der Waals surface area contributed by atoms with E-state index in [4.69, 9.17) is 0 Å². The van der Waals surface area contributed by atoms with Crippen LogP contribution in [0, 0.1) is 5.92 Å². The van der Waals surface area contributed by atoms with Crippen molar-refractivity contribution in [2.45, 2.75) is 58.4 Å². The summed E-state index contributed by atoms with van der Waals surface area (Å²) in [5.74, 6) is 1.15. The van der Waals surface area contributed by atoms with Crippen LogP contribution in [-0.4, -0.2) is 18.9 Å². The van der Waals surface area contributed by atoms with Crippen molar-refractivity contribution in [1.29, 1.82) is 0 Å². The highest BCUT2D eigenvalue weighted by atomic mass is 16.1. The minimum absolute atomic E-state index is 0.245. The molecule has 0 spiro atoms. The predicted octanol–water partition coefficient (Wildman–Crippen LogP) is 4.68. The Morgan fingerprint density at radius 2 is 1.80 bits per heavy atom. The zero-order valence-electron chi connectivity index (χ0n) is 13.1. The number of anilines is 1. The van der Waals surface area contributed by atoms with E-state index in [2.05, 4.69) is 24.9 Å². The third-order valence-electron chi connectivity index (χ3n) is 4.85. The van der Waals surface area contributed by atoms with E-state index in [1.165, 1.54) is 32.1 Å². The van der Waals surface area contributed by atoms with Gasteiger partial charge in [0.25, 0.3) is 0 Å². The number of hydrogen-bond acceptors (Lipinski definition) is 2. The normalized spacial score (nSPS) is 22.6. The molecule has 0 amide bonds. The average Bonchev–Trinajstić information content (AvgIpc) is 2.53. The van der Waals surface area contributed by atoms with Gasteiger partial charge in [-0.25, -0.2) is 0 Å². The lowest BCUT2D eigenvalue weighted by molar-refractivity contribution is 0.0988. The van der Waals surface area contributed by atoms with Gasteiger partial charge in [-0.15, -0.1) is 0 Å². The molecule has 1 aromatic rings. The molecule has 0 aliphatic heterocycles. The van der Waals surface area contributed by atoms with E-state index in [0.29, 0.717) is 12.5 Å². The molecular formula is C18H27NO. The van der Waals surface area contributed by atoms with Crippen molar-refractivity contribution in [2.75, 3.05) is 11.9 Å². The van der Waals surface area contributed by atoms with Gasteiger partial charge in [-0.05, 0) is 43.7 Å². The van der Waals surface area contributed by atoms with Crippen molar-refractivity contribution in [3.63, 3.8) is 0 Å². The highest BCUT2D eigenvalue weighted by Crippen LogP contribution is 2.32. The molecule has 2 heteroatoms. The monoisotopic (exact) mass is 273 g/mol. The second-order valence-corrected chi connectivity index (χ2v) is 5.99. The molecule has 2 rings (SSSR count). The summed E-state index contributed by atoms with van der Waals surface area (Å²) in [5.41, 5.74) is 1.99. The van der Waals surface area contributed by atoms with Gasteiger partial charge in [-0.3, -0.25) is 4.79 Å². The van der Waals surface area contributed by atoms with Crippen molar-refractivity contribution < 1.29 is 4.79 Å². The highest BCUT2D eigenvalue weighted by molar-refractivity contribution is 6.01. The fourth-order valence-electron chi connectivity index (χ4n) is 3.34. The topological polar surface area (TPSA) is 20.3 Å². The van der Waals surface area contributed by atoms with Gasteiger partial charge in [0.1, 0.15) is 0 Å². The standard InChI is InChI=1S/C18H27NO/c1-4-14-10-12-15(13-11-14)19(3)17-9-7-6-8-16(17)18(20)5-2/h6-9,14-15H,4-5,10-13H2,1-3H3. The summed E-state index contributed by atoms with van der Waals surface area (Å²) in [6.07, 6.45) is 7.05. The van der Waals surface area contributed by atoms with Crippen molar-refractivity contribution in [3.05, 3.63) is 29.8 Å². The minimum atomic E-state index is 0.245. The number of Topliss-reactive ketones (excluding diaryl/α,β-unsaturated/α-hetero) is 1. The number of ketones is 1. The molecule has 0 heterocycles. The molecular weight excluding hydrogens is 246 g/mol. The molecule has 1 aromatic carbocycles. The Balaban J connectivity index is 2.13. The number of benzene rings is 1. The van der Waals surface area contributed by atoms with Crippen LogP contribution in [0.4, 0.5) is 5.69 Å². The van der Waals surface area contributed by atoms with Gasteiger partial charge in [0.05, 0.1) is 0 Å². The molecule has 110 valence electrons. The van der Waals surface area contributed by atoms with E-state index in [0.717, 1.165) is 17.2 Å². The van der Waals surface area contributed by atoms with E-state index in [1.54, 1.807) is 0 Å². The van der Waals surface area contributed by atoms with Crippen LogP contribution in [0.1, 0.15) is 62.7 Å². The molecule has 1 aliphatic carbocycles. The van der Waals surface area contributed by atoms with Gasteiger partial charge in [-0.2, -0.15) is 0 Å². The van der Waals surface area contributed by atoms with Gasteiger partial charge >= 0.3 is 0 Å². The molecule has 0 aromatic heterocycles. The molecule has 0 unspecified atom stereocenters. The Morgan fingerprint density at radius 1 is 1.15 bits per heavy atom. The maximum Gasteiger partial charge on any atom is 0.164 e. The fraction of sp³-hybridized carbons (Fsp3) is 0.611. The molecule has 20 heavy (non-hydrogen) atoms. The van der Waals surface area contributed by atoms with E-state index in [9.17, 15) is 4.79 Å². The van der Waals surface area contributed by atoms with E-state index in [-0.39, 0.29) is 5.78 Å². The van der Waals surface area contributed by atoms with Crippen LogP contribution >= 0.6 is 0 Å². The van der Waals surface area contributed by atoms with Crippen LogP contribution in [-0.2, 0) is 0 Å². The summed E-state index contributed by atoms with van der Waals surface area (Å²) < 4.78 is 0. The average molecular weight is 273 g/mol. The van der Waals surface area contributed by atoms with E-state index >= 15 is 0 Å². The molecule has 0 atom stereocenters. The Hall–Kier alpha value is -1.31. The molecule has 0 N–H and O–H groups in total. The zero-order chi connectivity index (χ0) is 14.5. The lowest BCUT2D eigenvalue weighted by Gasteiger charge is -2.36. The number of carbonyl (C=O) groups is 1. The van der Waals surface area contributed by atoms with Gasteiger partial charge in [0.15, 0.2) is 5.78 Å². The fourth-order valence-corrected chi connectivity index (χ4v) is 3.34. The summed E-state index contributed by atoms with van der Waals surface area (Å²) >= 11 is 0. The molecule has 1 saturated carbocycles. The quantitative estimate of drug-likeness (QED) is 0.726. The third kappa shape index (κ3) is 3.23. The Morgan fingerprint density at radius 3 is 2.40 bits per heavy atom. The number of nitrogens with zero attached hydrogens (tertiary/aromatic N) is 1. The van der Waals surface area contributed by atoms with Gasteiger partial charge < -0.3 is 4.90 Å². The van der Waals surface area contributed by atoms with E-state index < -0.39 is 0 Å². The number of carbonyl (C=O) groups excluding carboxylic acids is 1. The van der Waals surface area contributed by atoms with Crippen molar-refractivity contribution >= 4 is 11.5 Å². The van der Waals surface area contributed by atoms with Crippen LogP contribution in [0.25, 0.3) is 0 Å². The van der Waals surface area contributed by atoms with Crippen LogP contribution < -0.4 is 4.90 Å². The predicted molar refractivity (Wildman–Crippen MR) is 85.5 cm³/mol. The Kier molecular flexibility index (Phi) is 5.22. The molecule has 0 saturated heterocycles. The first-order valence-corrected chi connectivity index (χ1v) is 8.02. The first kappa shape index (κ1) is 15.1. The van der Waals surface area contributed by atoms with Crippen molar-refractivity contribution in [1.82, 2.24) is 0 Å². The molecule has 1 aliphatic rings. The first-order valence-electron chi connectivity index (χ1n) is 8.02. The van der Waals surface area contributed by atoms with Crippen LogP contribution in [0.15, 0.2) is 24.3 Å². The van der Waals surface area contributed by atoms with Crippen molar-refractivity contribution in [2.24, 2.45) is 5.92 Å². The maximum absolute atomic E-state index is 12.1. The molecule has 1 fully saturated rings. The summed E-state index contributed by atoms with van der Waals surface area (Å²) in [6, 6.07) is 8.65. The smallest absolute Gasteiger partial charge is 0.164 e. The van der Waals surface area contributed by atoms with E-state index in [1.807, 2.05) is 25.1 Å². The number of rotatable bonds is 5. The summed E-state index contributed by atoms with van der Waals surface area (Å²) in [6.45, 7) is 4.23. The van der Waals surface area contributed by atoms with Crippen LogP contribution in [0.2, 0.25) is 0 Å². The zero-order valence-corrected chi connectivity index (χ0v) is 13.1. The first-order chi connectivity index (χ1) is 9.67. The number of para-hydroxylation sites is 1. The largest absolute Gasteiger partial charge is 0.371 e.